The van der Waals surface area contributed by atoms with Gasteiger partial charge in [-0.1, -0.05) is 13.3 Å². The molecule has 0 saturated carbocycles. The lowest BCUT2D eigenvalue weighted by Gasteiger charge is -2.24. The second-order valence-corrected chi connectivity index (χ2v) is 7.73. The first-order chi connectivity index (χ1) is 12.9. The zero-order valence-electron chi connectivity index (χ0n) is 15.3. The first-order valence-electron chi connectivity index (χ1n) is 8.57. The number of rotatable bonds is 9. The van der Waals surface area contributed by atoms with Crippen molar-refractivity contribution in [1.82, 2.24) is 5.32 Å². The Bertz CT molecular complexity index is 852. The van der Waals surface area contributed by atoms with Crippen LogP contribution in [-0.4, -0.2) is 34.5 Å². The number of sulfonamides is 1. The second-order valence-electron chi connectivity index (χ2n) is 5.87. The Morgan fingerprint density at radius 1 is 1.11 bits per heavy atom. The van der Waals surface area contributed by atoms with E-state index in [9.17, 15) is 17.6 Å². The molecule has 0 spiro atoms. The zero-order valence-corrected chi connectivity index (χ0v) is 16.1. The number of methoxy groups -OCH3 is 1. The van der Waals surface area contributed by atoms with E-state index in [1.807, 2.05) is 6.92 Å². The molecule has 2 aromatic rings. The maximum absolute atomic E-state index is 13.3. The molecule has 0 aliphatic rings. The van der Waals surface area contributed by atoms with Crippen LogP contribution in [0, 0.1) is 5.82 Å². The van der Waals surface area contributed by atoms with Gasteiger partial charge in [0.05, 0.1) is 17.7 Å². The van der Waals surface area contributed by atoms with Crippen LogP contribution in [0.1, 0.15) is 19.8 Å². The summed E-state index contributed by atoms with van der Waals surface area (Å²) in [4.78, 5) is 12.2. The minimum absolute atomic E-state index is 0.00832. The average molecular weight is 394 g/mol. The summed E-state index contributed by atoms with van der Waals surface area (Å²) in [6.07, 6.45) is 1.71. The molecule has 1 amide bonds. The molecule has 2 rings (SSSR count). The SMILES string of the molecule is CCCCNC(=O)CN(c1ccc(F)cc1)S(=O)(=O)c1ccc(OC)cc1. The first-order valence-corrected chi connectivity index (χ1v) is 10.0. The fraction of sp³-hybridized carbons (Fsp3) is 0.316. The molecular weight excluding hydrogens is 371 g/mol. The normalized spacial score (nSPS) is 11.1. The number of anilines is 1. The molecule has 0 aliphatic carbocycles. The van der Waals surface area contributed by atoms with Crippen LogP contribution in [-0.2, 0) is 14.8 Å². The quantitative estimate of drug-likeness (QED) is 0.664. The van der Waals surface area contributed by atoms with Crippen LogP contribution in [0.4, 0.5) is 10.1 Å². The van der Waals surface area contributed by atoms with E-state index in [4.69, 9.17) is 4.74 Å². The third-order valence-corrected chi connectivity index (χ3v) is 5.69. The van der Waals surface area contributed by atoms with E-state index in [0.717, 1.165) is 29.3 Å². The van der Waals surface area contributed by atoms with Gasteiger partial charge in [-0.05, 0) is 55.0 Å². The predicted octanol–water partition coefficient (Wildman–Crippen LogP) is 2.95. The van der Waals surface area contributed by atoms with Gasteiger partial charge >= 0.3 is 0 Å². The number of halogens is 1. The molecule has 6 nitrogen and oxygen atoms in total. The Hall–Kier alpha value is -2.61. The molecule has 0 unspecified atom stereocenters. The minimum atomic E-state index is -4.02. The lowest BCUT2D eigenvalue weighted by atomic mass is 10.3. The van der Waals surface area contributed by atoms with Crippen molar-refractivity contribution in [3.63, 3.8) is 0 Å². The van der Waals surface area contributed by atoms with Gasteiger partial charge in [0.15, 0.2) is 0 Å². The standard InChI is InChI=1S/C19H23FN2O4S/c1-3-4-13-21-19(23)14-22(16-7-5-15(20)6-8-16)27(24,25)18-11-9-17(26-2)10-12-18/h5-12H,3-4,13-14H2,1-2H3,(H,21,23). The van der Waals surface area contributed by atoms with Crippen molar-refractivity contribution < 1.29 is 22.3 Å². The largest absolute Gasteiger partial charge is 0.497 e. The highest BCUT2D eigenvalue weighted by molar-refractivity contribution is 7.92. The van der Waals surface area contributed by atoms with Gasteiger partial charge in [0.2, 0.25) is 5.91 Å². The molecule has 0 radical (unpaired) electrons. The Kier molecular flexibility index (Phi) is 7.18. The summed E-state index contributed by atoms with van der Waals surface area (Å²) in [7, 11) is -2.54. The van der Waals surface area contributed by atoms with E-state index >= 15 is 0 Å². The first kappa shape index (κ1) is 20.7. The Labute approximate surface area is 159 Å². The van der Waals surface area contributed by atoms with E-state index in [0.29, 0.717) is 12.3 Å². The van der Waals surface area contributed by atoms with Gasteiger partial charge in [0.25, 0.3) is 10.0 Å². The van der Waals surface area contributed by atoms with Crippen LogP contribution < -0.4 is 14.4 Å². The number of benzene rings is 2. The smallest absolute Gasteiger partial charge is 0.264 e. The Morgan fingerprint density at radius 3 is 2.30 bits per heavy atom. The van der Waals surface area contributed by atoms with Crippen LogP contribution in [0.2, 0.25) is 0 Å². The number of carbonyl (C=O) groups is 1. The maximum atomic E-state index is 13.3. The topological polar surface area (TPSA) is 75.7 Å². The molecule has 1 N–H and O–H groups in total. The van der Waals surface area contributed by atoms with Crippen LogP contribution in [0.3, 0.4) is 0 Å². The molecule has 2 aromatic carbocycles. The number of hydrogen-bond donors (Lipinski definition) is 1. The van der Waals surface area contributed by atoms with Crippen LogP contribution in [0.25, 0.3) is 0 Å². The fourth-order valence-corrected chi connectivity index (χ4v) is 3.81. The molecule has 0 aromatic heterocycles. The van der Waals surface area contributed by atoms with Gasteiger partial charge in [-0.25, -0.2) is 12.8 Å². The van der Waals surface area contributed by atoms with Gasteiger partial charge in [-0.3, -0.25) is 9.10 Å². The number of amides is 1. The van der Waals surface area contributed by atoms with E-state index in [1.165, 1.54) is 43.5 Å². The lowest BCUT2D eigenvalue weighted by molar-refractivity contribution is -0.119. The van der Waals surface area contributed by atoms with Crippen molar-refractivity contribution in [2.45, 2.75) is 24.7 Å². The molecule has 8 heteroatoms. The summed E-state index contributed by atoms with van der Waals surface area (Å²) in [5, 5.41) is 2.70. The molecule has 0 aliphatic heterocycles. The summed E-state index contributed by atoms with van der Waals surface area (Å²) >= 11 is 0. The molecule has 0 fully saturated rings. The molecule has 146 valence electrons. The van der Waals surface area contributed by atoms with E-state index in [2.05, 4.69) is 5.32 Å². The highest BCUT2D eigenvalue weighted by atomic mass is 32.2. The van der Waals surface area contributed by atoms with E-state index < -0.39 is 28.3 Å². The average Bonchev–Trinajstić information content (AvgIpc) is 2.67. The third kappa shape index (κ3) is 5.43. The second kappa shape index (κ2) is 9.36. The number of ether oxygens (including phenoxy) is 1. The molecule has 0 heterocycles. The zero-order chi connectivity index (χ0) is 19.9. The van der Waals surface area contributed by atoms with Gasteiger partial charge in [0.1, 0.15) is 18.1 Å². The molecule has 27 heavy (non-hydrogen) atoms. The molecule has 0 atom stereocenters. The van der Waals surface area contributed by atoms with E-state index in [-0.39, 0.29) is 10.6 Å². The number of unbranched alkanes of at least 4 members (excludes halogenated alkanes) is 1. The number of nitrogens with one attached hydrogen (secondary N) is 1. The van der Waals surface area contributed by atoms with Crippen molar-refractivity contribution in [3.05, 3.63) is 54.3 Å². The van der Waals surface area contributed by atoms with Gasteiger partial charge in [-0.15, -0.1) is 0 Å². The minimum Gasteiger partial charge on any atom is -0.497 e. The van der Waals surface area contributed by atoms with Crippen molar-refractivity contribution in [2.75, 3.05) is 24.5 Å². The number of nitrogens with zero attached hydrogens (tertiary/aromatic N) is 1. The van der Waals surface area contributed by atoms with Crippen molar-refractivity contribution in [2.24, 2.45) is 0 Å². The van der Waals surface area contributed by atoms with Crippen LogP contribution in [0.5, 0.6) is 5.75 Å². The Morgan fingerprint density at radius 2 is 1.74 bits per heavy atom. The number of carbonyl (C=O) groups excluding carboxylic acids is 1. The summed E-state index contributed by atoms with van der Waals surface area (Å²) in [5.74, 6) is -0.405. The summed E-state index contributed by atoms with van der Waals surface area (Å²) < 4.78 is 45.5. The Balaban J connectivity index is 2.34. The number of hydrogen-bond acceptors (Lipinski definition) is 4. The van der Waals surface area contributed by atoms with Crippen molar-refractivity contribution >= 4 is 21.6 Å². The van der Waals surface area contributed by atoms with E-state index in [1.54, 1.807) is 0 Å². The predicted molar refractivity (Wildman–Crippen MR) is 102 cm³/mol. The van der Waals surface area contributed by atoms with Gasteiger partial charge < -0.3 is 10.1 Å². The highest BCUT2D eigenvalue weighted by Gasteiger charge is 2.27. The van der Waals surface area contributed by atoms with Gasteiger partial charge in [0, 0.05) is 6.54 Å². The van der Waals surface area contributed by atoms with Crippen LogP contribution in [0.15, 0.2) is 53.4 Å². The van der Waals surface area contributed by atoms with Crippen molar-refractivity contribution in [1.29, 1.82) is 0 Å². The molecule has 0 bridgehead atoms. The summed E-state index contributed by atoms with van der Waals surface area (Å²) in [6.45, 7) is 2.06. The van der Waals surface area contributed by atoms with Gasteiger partial charge in [-0.2, -0.15) is 0 Å². The molecular formula is C19H23FN2O4S. The molecule has 0 saturated heterocycles. The summed E-state index contributed by atoms with van der Waals surface area (Å²) in [6, 6.07) is 10.8. The summed E-state index contributed by atoms with van der Waals surface area (Å²) in [5.41, 5.74) is 0.206. The van der Waals surface area contributed by atoms with Crippen LogP contribution >= 0.6 is 0 Å². The van der Waals surface area contributed by atoms with Crippen molar-refractivity contribution in [3.8, 4) is 5.75 Å². The lowest BCUT2D eigenvalue weighted by Crippen LogP contribution is -2.41. The fourth-order valence-electron chi connectivity index (χ4n) is 2.39. The third-order valence-electron chi connectivity index (χ3n) is 3.90. The highest BCUT2D eigenvalue weighted by Crippen LogP contribution is 2.25. The monoisotopic (exact) mass is 394 g/mol. The maximum Gasteiger partial charge on any atom is 0.264 e.